The van der Waals surface area contributed by atoms with Gasteiger partial charge in [0.2, 0.25) is 0 Å². The molecule has 0 saturated heterocycles. The van der Waals surface area contributed by atoms with Crippen LogP contribution in [0.5, 0.6) is 5.75 Å². The van der Waals surface area contributed by atoms with Crippen LogP contribution in [0, 0.1) is 9.39 Å². The molecule has 0 N–H and O–H groups in total. The molecular formula is C8H8FIO2. The van der Waals surface area contributed by atoms with Crippen molar-refractivity contribution in [2.24, 2.45) is 0 Å². The maximum absolute atomic E-state index is 12.7. The van der Waals surface area contributed by atoms with Crippen LogP contribution in [0.2, 0.25) is 0 Å². The lowest BCUT2D eigenvalue weighted by atomic mass is 10.3. The molecule has 0 amide bonds. The zero-order valence-corrected chi connectivity index (χ0v) is 8.67. The molecule has 1 rings (SSSR count). The lowest BCUT2D eigenvalue weighted by molar-refractivity contribution is 0.0508. The van der Waals surface area contributed by atoms with E-state index in [4.69, 9.17) is 4.74 Å². The second-order valence-corrected chi connectivity index (χ2v) is 3.40. The Morgan fingerprint density at radius 3 is 2.75 bits per heavy atom. The first kappa shape index (κ1) is 9.73. The first-order valence-electron chi connectivity index (χ1n) is 3.30. The van der Waals surface area contributed by atoms with Gasteiger partial charge in [0.1, 0.15) is 11.6 Å². The Morgan fingerprint density at radius 2 is 2.17 bits per heavy atom. The first-order chi connectivity index (χ1) is 5.72. The largest absolute Gasteiger partial charge is 0.467 e. The van der Waals surface area contributed by atoms with E-state index < -0.39 is 0 Å². The van der Waals surface area contributed by atoms with E-state index in [1.165, 1.54) is 19.2 Å². The van der Waals surface area contributed by atoms with Crippen molar-refractivity contribution >= 4 is 22.6 Å². The van der Waals surface area contributed by atoms with Crippen molar-refractivity contribution in [3.8, 4) is 5.75 Å². The van der Waals surface area contributed by atoms with E-state index in [9.17, 15) is 4.39 Å². The van der Waals surface area contributed by atoms with Gasteiger partial charge in [-0.3, -0.25) is 0 Å². The van der Waals surface area contributed by atoms with Crippen LogP contribution in [0.25, 0.3) is 0 Å². The Labute approximate surface area is 83.8 Å². The molecule has 12 heavy (non-hydrogen) atoms. The lowest BCUT2D eigenvalue weighted by Crippen LogP contribution is -1.99. The Bertz CT molecular complexity index is 245. The van der Waals surface area contributed by atoms with Gasteiger partial charge in [-0.1, -0.05) is 0 Å². The normalized spacial score (nSPS) is 9.92. The first-order valence-corrected chi connectivity index (χ1v) is 4.38. The zero-order chi connectivity index (χ0) is 8.97. The van der Waals surface area contributed by atoms with Gasteiger partial charge >= 0.3 is 0 Å². The minimum absolute atomic E-state index is 0.138. The molecule has 0 unspecified atom stereocenters. The van der Waals surface area contributed by atoms with E-state index in [2.05, 4.69) is 4.74 Å². The molecule has 0 aliphatic heterocycles. The van der Waals surface area contributed by atoms with Crippen LogP contribution >= 0.6 is 22.6 Å². The van der Waals surface area contributed by atoms with Crippen molar-refractivity contribution in [2.45, 2.75) is 0 Å². The van der Waals surface area contributed by atoms with Crippen molar-refractivity contribution < 1.29 is 13.9 Å². The van der Waals surface area contributed by atoms with E-state index in [-0.39, 0.29) is 12.6 Å². The number of rotatable bonds is 3. The molecule has 0 aliphatic rings. The van der Waals surface area contributed by atoms with Crippen LogP contribution in [0.1, 0.15) is 0 Å². The number of ether oxygens (including phenoxy) is 2. The van der Waals surface area contributed by atoms with Crippen molar-refractivity contribution in [2.75, 3.05) is 13.9 Å². The van der Waals surface area contributed by atoms with Gasteiger partial charge in [-0.05, 0) is 34.7 Å². The molecule has 4 heteroatoms. The van der Waals surface area contributed by atoms with Gasteiger partial charge in [0.25, 0.3) is 0 Å². The molecule has 0 saturated carbocycles. The number of halogens is 2. The summed E-state index contributed by atoms with van der Waals surface area (Å²) in [6.07, 6.45) is 0. The molecule has 0 spiro atoms. The van der Waals surface area contributed by atoms with Gasteiger partial charge in [0.15, 0.2) is 6.79 Å². The minimum Gasteiger partial charge on any atom is -0.467 e. The fourth-order valence-corrected chi connectivity index (χ4v) is 1.34. The van der Waals surface area contributed by atoms with Crippen LogP contribution in [0.15, 0.2) is 18.2 Å². The van der Waals surface area contributed by atoms with E-state index in [0.717, 1.165) is 3.57 Å². The summed E-state index contributed by atoms with van der Waals surface area (Å²) in [5.41, 5.74) is 0. The maximum Gasteiger partial charge on any atom is 0.188 e. The lowest BCUT2D eigenvalue weighted by Gasteiger charge is -2.04. The molecule has 0 aliphatic carbocycles. The Morgan fingerprint density at radius 1 is 1.42 bits per heavy atom. The van der Waals surface area contributed by atoms with Gasteiger partial charge in [-0.25, -0.2) is 4.39 Å². The molecule has 0 heterocycles. The predicted octanol–water partition coefficient (Wildman–Crippen LogP) is 2.41. The zero-order valence-electron chi connectivity index (χ0n) is 6.51. The third-order valence-electron chi connectivity index (χ3n) is 1.18. The molecule has 2 nitrogen and oxygen atoms in total. The quantitative estimate of drug-likeness (QED) is 0.626. The van der Waals surface area contributed by atoms with Gasteiger partial charge < -0.3 is 9.47 Å². The topological polar surface area (TPSA) is 18.5 Å². The van der Waals surface area contributed by atoms with E-state index in [1.807, 2.05) is 22.6 Å². The summed E-state index contributed by atoms with van der Waals surface area (Å²) in [7, 11) is 1.52. The van der Waals surface area contributed by atoms with E-state index in [0.29, 0.717) is 5.75 Å². The molecule has 0 atom stereocenters. The monoisotopic (exact) mass is 282 g/mol. The fraction of sp³-hybridized carbons (Fsp3) is 0.250. The standard InChI is InChI=1S/C8H8FIO2/c1-11-5-12-8-3-6(9)2-7(10)4-8/h2-4H,5H2,1H3. The van der Waals surface area contributed by atoms with Crippen LogP contribution in [0.4, 0.5) is 4.39 Å². The number of hydrogen-bond donors (Lipinski definition) is 0. The van der Waals surface area contributed by atoms with E-state index in [1.54, 1.807) is 6.07 Å². The van der Waals surface area contributed by atoms with Crippen molar-refractivity contribution in [3.05, 3.63) is 27.6 Å². The average molecular weight is 282 g/mol. The maximum atomic E-state index is 12.7. The SMILES string of the molecule is COCOc1cc(F)cc(I)c1. The third-order valence-corrected chi connectivity index (χ3v) is 1.80. The van der Waals surface area contributed by atoms with Gasteiger partial charge in [0, 0.05) is 16.7 Å². The number of methoxy groups -OCH3 is 1. The Balaban J connectivity index is 2.72. The molecule has 0 aromatic heterocycles. The number of benzene rings is 1. The molecule has 1 aromatic rings. The number of hydrogen-bond acceptors (Lipinski definition) is 2. The summed E-state index contributed by atoms with van der Waals surface area (Å²) in [5, 5.41) is 0. The van der Waals surface area contributed by atoms with Crippen LogP contribution in [0.3, 0.4) is 0 Å². The van der Waals surface area contributed by atoms with E-state index >= 15 is 0 Å². The highest BCUT2D eigenvalue weighted by molar-refractivity contribution is 14.1. The highest BCUT2D eigenvalue weighted by Crippen LogP contribution is 2.17. The van der Waals surface area contributed by atoms with Crippen LogP contribution in [-0.2, 0) is 4.74 Å². The summed E-state index contributed by atoms with van der Waals surface area (Å²) in [4.78, 5) is 0. The van der Waals surface area contributed by atoms with Gasteiger partial charge in [-0.2, -0.15) is 0 Å². The molecular weight excluding hydrogens is 274 g/mol. The predicted molar refractivity (Wildman–Crippen MR) is 51.6 cm³/mol. The van der Waals surface area contributed by atoms with Gasteiger partial charge in [0.05, 0.1) is 0 Å². The summed E-state index contributed by atoms with van der Waals surface area (Å²) in [6, 6.07) is 4.49. The van der Waals surface area contributed by atoms with Gasteiger partial charge in [-0.15, -0.1) is 0 Å². The molecule has 0 fully saturated rings. The molecule has 0 bridgehead atoms. The van der Waals surface area contributed by atoms with Crippen molar-refractivity contribution in [1.29, 1.82) is 0 Å². The smallest absolute Gasteiger partial charge is 0.188 e. The van der Waals surface area contributed by atoms with Crippen LogP contribution in [-0.4, -0.2) is 13.9 Å². The van der Waals surface area contributed by atoms with Crippen LogP contribution < -0.4 is 4.74 Å². The molecule has 1 aromatic carbocycles. The molecule has 66 valence electrons. The summed E-state index contributed by atoms with van der Waals surface area (Å²) in [6.45, 7) is 0.138. The Hall–Kier alpha value is -0.360. The Kier molecular flexibility index (Phi) is 3.74. The summed E-state index contributed by atoms with van der Waals surface area (Å²) < 4.78 is 23.3. The van der Waals surface area contributed by atoms with Crippen molar-refractivity contribution in [3.63, 3.8) is 0 Å². The highest BCUT2D eigenvalue weighted by atomic mass is 127. The summed E-state index contributed by atoms with van der Waals surface area (Å²) in [5.74, 6) is 0.189. The second-order valence-electron chi connectivity index (χ2n) is 2.16. The molecule has 0 radical (unpaired) electrons. The average Bonchev–Trinajstić information content (AvgIpc) is 1.99. The summed E-state index contributed by atoms with van der Waals surface area (Å²) >= 11 is 2.02. The third kappa shape index (κ3) is 2.94. The minimum atomic E-state index is -0.298. The fourth-order valence-electron chi connectivity index (χ4n) is 0.739. The highest BCUT2D eigenvalue weighted by Gasteiger charge is 1.98. The second kappa shape index (κ2) is 4.61. The van der Waals surface area contributed by atoms with Crippen molar-refractivity contribution in [1.82, 2.24) is 0 Å².